The van der Waals surface area contributed by atoms with Gasteiger partial charge in [-0.3, -0.25) is 0 Å². The van der Waals surface area contributed by atoms with Gasteiger partial charge in [-0.25, -0.2) is 0 Å². The number of fused-ring (bicyclic) bond motifs is 2. The second kappa shape index (κ2) is 6.04. The Bertz CT molecular complexity index is 417. The SMILES string of the molecule is CCNC1CC2CCCC(C1)N2c1ccc(OC)cc1. The zero-order valence-electron chi connectivity index (χ0n) is 12.6. The van der Waals surface area contributed by atoms with Gasteiger partial charge in [0.2, 0.25) is 0 Å². The second-order valence-electron chi connectivity index (χ2n) is 6.07. The van der Waals surface area contributed by atoms with Crippen molar-refractivity contribution in [1.29, 1.82) is 0 Å². The summed E-state index contributed by atoms with van der Waals surface area (Å²) in [6.45, 7) is 3.30. The van der Waals surface area contributed by atoms with Crippen LogP contribution in [0.5, 0.6) is 5.75 Å². The number of nitrogens with zero attached hydrogens (tertiary/aromatic N) is 1. The van der Waals surface area contributed by atoms with E-state index in [1.54, 1.807) is 7.11 Å². The van der Waals surface area contributed by atoms with Gasteiger partial charge in [-0.1, -0.05) is 6.92 Å². The maximum atomic E-state index is 5.27. The van der Waals surface area contributed by atoms with Gasteiger partial charge < -0.3 is 15.0 Å². The highest BCUT2D eigenvalue weighted by atomic mass is 16.5. The van der Waals surface area contributed by atoms with Crippen molar-refractivity contribution in [2.45, 2.75) is 57.2 Å². The summed E-state index contributed by atoms with van der Waals surface area (Å²) in [5.41, 5.74) is 1.37. The first-order chi connectivity index (χ1) is 9.81. The number of anilines is 1. The molecule has 0 aromatic heterocycles. The molecule has 0 saturated carbocycles. The van der Waals surface area contributed by atoms with E-state index in [-0.39, 0.29) is 0 Å². The molecule has 20 heavy (non-hydrogen) atoms. The minimum atomic E-state index is 0.708. The number of nitrogens with one attached hydrogen (secondary N) is 1. The molecule has 2 aliphatic rings. The van der Waals surface area contributed by atoms with Crippen molar-refractivity contribution < 1.29 is 4.74 Å². The van der Waals surface area contributed by atoms with E-state index in [0.717, 1.165) is 12.3 Å². The summed E-state index contributed by atoms with van der Waals surface area (Å²) >= 11 is 0. The lowest BCUT2D eigenvalue weighted by atomic mass is 9.81. The summed E-state index contributed by atoms with van der Waals surface area (Å²) in [6.07, 6.45) is 6.64. The lowest BCUT2D eigenvalue weighted by Crippen LogP contribution is -2.56. The van der Waals surface area contributed by atoms with Crippen LogP contribution < -0.4 is 15.0 Å². The summed E-state index contributed by atoms with van der Waals surface area (Å²) < 4.78 is 5.27. The molecule has 1 N–H and O–H groups in total. The van der Waals surface area contributed by atoms with Crippen LogP contribution >= 0.6 is 0 Å². The van der Waals surface area contributed by atoms with E-state index in [1.165, 1.54) is 37.8 Å². The predicted molar refractivity (Wildman–Crippen MR) is 83.6 cm³/mol. The predicted octanol–water partition coefficient (Wildman–Crippen LogP) is 3.19. The van der Waals surface area contributed by atoms with Crippen LogP contribution in [0, 0.1) is 0 Å². The third kappa shape index (κ3) is 2.64. The fourth-order valence-corrected chi connectivity index (χ4v) is 4.01. The molecule has 0 amide bonds. The molecule has 3 nitrogen and oxygen atoms in total. The summed E-state index contributed by atoms with van der Waals surface area (Å²) in [7, 11) is 1.73. The lowest BCUT2D eigenvalue weighted by Gasteiger charge is -2.50. The van der Waals surface area contributed by atoms with Crippen molar-refractivity contribution in [2.24, 2.45) is 0 Å². The van der Waals surface area contributed by atoms with Crippen LogP contribution in [0.2, 0.25) is 0 Å². The molecule has 1 aromatic carbocycles. The van der Waals surface area contributed by atoms with Crippen molar-refractivity contribution in [3.63, 3.8) is 0 Å². The third-order valence-electron chi connectivity index (χ3n) is 4.84. The molecule has 2 heterocycles. The largest absolute Gasteiger partial charge is 0.497 e. The van der Waals surface area contributed by atoms with E-state index in [4.69, 9.17) is 4.74 Å². The van der Waals surface area contributed by atoms with Crippen LogP contribution in [0.4, 0.5) is 5.69 Å². The monoisotopic (exact) mass is 274 g/mol. The number of hydrogen-bond acceptors (Lipinski definition) is 3. The number of methoxy groups -OCH3 is 1. The van der Waals surface area contributed by atoms with Gasteiger partial charge in [0.15, 0.2) is 0 Å². The first kappa shape index (κ1) is 13.7. The number of ether oxygens (including phenoxy) is 1. The molecule has 0 aliphatic carbocycles. The second-order valence-corrected chi connectivity index (χ2v) is 6.07. The Labute approximate surface area is 122 Å². The Balaban J connectivity index is 1.78. The van der Waals surface area contributed by atoms with Crippen molar-refractivity contribution in [3.05, 3.63) is 24.3 Å². The molecule has 3 heteroatoms. The highest BCUT2D eigenvalue weighted by Crippen LogP contribution is 2.38. The van der Waals surface area contributed by atoms with E-state index < -0.39 is 0 Å². The molecule has 0 spiro atoms. The van der Waals surface area contributed by atoms with Crippen molar-refractivity contribution >= 4 is 5.69 Å². The smallest absolute Gasteiger partial charge is 0.119 e. The molecule has 0 radical (unpaired) electrons. The van der Waals surface area contributed by atoms with Crippen molar-refractivity contribution in [2.75, 3.05) is 18.6 Å². The van der Waals surface area contributed by atoms with E-state index in [0.29, 0.717) is 18.1 Å². The molecular formula is C17H26N2O. The minimum absolute atomic E-state index is 0.708. The molecule has 1 aromatic rings. The first-order valence-electron chi connectivity index (χ1n) is 7.97. The maximum Gasteiger partial charge on any atom is 0.119 e. The van der Waals surface area contributed by atoms with Gasteiger partial charge >= 0.3 is 0 Å². The summed E-state index contributed by atoms with van der Waals surface area (Å²) in [6, 6.07) is 10.7. The van der Waals surface area contributed by atoms with E-state index in [1.807, 2.05) is 0 Å². The van der Waals surface area contributed by atoms with Gasteiger partial charge in [0, 0.05) is 23.8 Å². The first-order valence-corrected chi connectivity index (χ1v) is 7.97. The Morgan fingerprint density at radius 2 is 1.80 bits per heavy atom. The Hall–Kier alpha value is -1.22. The lowest BCUT2D eigenvalue weighted by molar-refractivity contribution is 0.247. The molecule has 2 aliphatic heterocycles. The van der Waals surface area contributed by atoms with Gasteiger partial charge in [0.25, 0.3) is 0 Å². The Kier molecular flexibility index (Phi) is 4.16. The zero-order chi connectivity index (χ0) is 13.9. The molecule has 2 atom stereocenters. The number of piperidine rings is 2. The Morgan fingerprint density at radius 3 is 2.35 bits per heavy atom. The van der Waals surface area contributed by atoms with Crippen LogP contribution in [0.25, 0.3) is 0 Å². The molecule has 2 fully saturated rings. The van der Waals surface area contributed by atoms with E-state index >= 15 is 0 Å². The zero-order valence-corrected chi connectivity index (χ0v) is 12.6. The highest BCUT2D eigenvalue weighted by Gasteiger charge is 2.37. The van der Waals surface area contributed by atoms with Crippen LogP contribution in [0.3, 0.4) is 0 Å². The van der Waals surface area contributed by atoms with Gasteiger partial charge in [0.05, 0.1) is 7.11 Å². The highest BCUT2D eigenvalue weighted by molar-refractivity contribution is 5.52. The number of hydrogen-bond donors (Lipinski definition) is 1. The minimum Gasteiger partial charge on any atom is -0.497 e. The van der Waals surface area contributed by atoms with E-state index in [2.05, 4.69) is 41.4 Å². The fourth-order valence-electron chi connectivity index (χ4n) is 4.01. The standard InChI is InChI=1S/C17H26N2O/c1-3-18-13-11-15-5-4-6-16(12-13)19(15)14-7-9-17(20-2)10-8-14/h7-10,13,15-16,18H,3-6,11-12H2,1-2H3. The number of benzene rings is 1. The molecule has 2 saturated heterocycles. The summed E-state index contributed by atoms with van der Waals surface area (Å²) in [4.78, 5) is 2.68. The maximum absolute atomic E-state index is 5.27. The van der Waals surface area contributed by atoms with Crippen molar-refractivity contribution in [1.82, 2.24) is 5.32 Å². The molecule has 110 valence electrons. The fraction of sp³-hybridized carbons (Fsp3) is 0.647. The van der Waals surface area contributed by atoms with Crippen LogP contribution in [0.15, 0.2) is 24.3 Å². The van der Waals surface area contributed by atoms with Crippen LogP contribution in [-0.4, -0.2) is 31.8 Å². The average molecular weight is 274 g/mol. The van der Waals surface area contributed by atoms with Crippen LogP contribution in [-0.2, 0) is 0 Å². The van der Waals surface area contributed by atoms with Gasteiger partial charge in [-0.15, -0.1) is 0 Å². The normalized spacial score (nSPS) is 29.3. The van der Waals surface area contributed by atoms with Gasteiger partial charge in [-0.05, 0) is 62.9 Å². The molecule has 2 unspecified atom stereocenters. The quantitative estimate of drug-likeness (QED) is 0.912. The summed E-state index contributed by atoms with van der Waals surface area (Å²) in [5, 5.41) is 3.66. The average Bonchev–Trinajstić information content (AvgIpc) is 2.47. The van der Waals surface area contributed by atoms with Crippen molar-refractivity contribution in [3.8, 4) is 5.75 Å². The van der Waals surface area contributed by atoms with E-state index in [9.17, 15) is 0 Å². The van der Waals surface area contributed by atoms with Gasteiger partial charge in [0.1, 0.15) is 5.75 Å². The van der Waals surface area contributed by atoms with Crippen LogP contribution in [0.1, 0.15) is 39.0 Å². The van der Waals surface area contributed by atoms with Gasteiger partial charge in [-0.2, -0.15) is 0 Å². The topological polar surface area (TPSA) is 24.5 Å². The summed E-state index contributed by atoms with van der Waals surface area (Å²) in [5.74, 6) is 0.946. The molecule has 3 rings (SSSR count). The molecule has 2 bridgehead atoms. The number of rotatable bonds is 4. The molecular weight excluding hydrogens is 248 g/mol. The Morgan fingerprint density at radius 1 is 1.15 bits per heavy atom. The third-order valence-corrected chi connectivity index (χ3v) is 4.84.